The quantitative estimate of drug-likeness (QED) is 0.437. The van der Waals surface area contributed by atoms with Crippen molar-refractivity contribution in [1.82, 2.24) is 5.43 Å². The van der Waals surface area contributed by atoms with Crippen molar-refractivity contribution in [3.63, 3.8) is 0 Å². The molecule has 0 amide bonds. The third kappa shape index (κ3) is 4.68. The molecule has 2 aromatic rings. The molecule has 2 rings (SSSR count). The number of thiocarbonyl (C=S) groups is 1. The van der Waals surface area contributed by atoms with Gasteiger partial charge in [-0.3, -0.25) is 0 Å². The largest absolute Gasteiger partial charge is 0.489 e. The second-order valence-electron chi connectivity index (χ2n) is 4.34. The van der Waals surface area contributed by atoms with Gasteiger partial charge in [-0.1, -0.05) is 23.7 Å². The molecule has 0 heterocycles. The maximum Gasteiger partial charge on any atom is 0.221 e. The van der Waals surface area contributed by atoms with E-state index in [2.05, 4.69) is 22.7 Å². The summed E-state index contributed by atoms with van der Waals surface area (Å²) in [6.07, 6.45) is 1.67. The SMILES string of the molecule is NC(=S)N[NH+]=Cc1cccc(OCc2c(F)cccc2Cl)c1. The first-order chi connectivity index (χ1) is 10.6. The number of halogens is 2. The summed E-state index contributed by atoms with van der Waals surface area (Å²) in [5.74, 6) is 0.197. The zero-order valence-corrected chi connectivity index (χ0v) is 13.0. The van der Waals surface area contributed by atoms with E-state index in [9.17, 15) is 4.39 Å². The van der Waals surface area contributed by atoms with Crippen LogP contribution in [0.5, 0.6) is 5.75 Å². The minimum atomic E-state index is -0.391. The highest BCUT2D eigenvalue weighted by Gasteiger charge is 2.07. The Morgan fingerprint density at radius 1 is 1.36 bits per heavy atom. The molecule has 0 aliphatic heterocycles. The summed E-state index contributed by atoms with van der Waals surface area (Å²) >= 11 is 10.6. The van der Waals surface area contributed by atoms with Crippen LogP contribution in [0.1, 0.15) is 11.1 Å². The molecule has 0 aliphatic rings. The van der Waals surface area contributed by atoms with Crippen LogP contribution in [0.2, 0.25) is 5.02 Å². The van der Waals surface area contributed by atoms with Gasteiger partial charge in [-0.05, 0) is 42.5 Å². The van der Waals surface area contributed by atoms with E-state index in [0.717, 1.165) is 5.56 Å². The fourth-order valence-electron chi connectivity index (χ4n) is 1.71. The summed E-state index contributed by atoms with van der Waals surface area (Å²) in [5.41, 5.74) is 9.03. The molecule has 0 saturated heterocycles. The number of benzene rings is 2. The number of nitrogens with one attached hydrogen (secondary N) is 2. The van der Waals surface area contributed by atoms with Gasteiger partial charge < -0.3 is 10.5 Å². The average Bonchev–Trinajstić information content (AvgIpc) is 2.47. The predicted molar refractivity (Wildman–Crippen MR) is 88.2 cm³/mol. The molecule has 2 aromatic carbocycles. The van der Waals surface area contributed by atoms with Gasteiger partial charge in [0, 0.05) is 11.1 Å². The number of hydrazine groups is 1. The molecule has 0 unspecified atom stereocenters. The van der Waals surface area contributed by atoms with E-state index in [4.69, 9.17) is 22.1 Å². The van der Waals surface area contributed by atoms with Crippen LogP contribution in [-0.2, 0) is 6.61 Å². The Balaban J connectivity index is 2.04. The van der Waals surface area contributed by atoms with Gasteiger partial charge in [-0.2, -0.15) is 0 Å². The average molecular weight is 339 g/mol. The highest BCUT2D eigenvalue weighted by atomic mass is 35.5. The van der Waals surface area contributed by atoms with Crippen molar-refractivity contribution >= 4 is 35.1 Å². The first-order valence-corrected chi connectivity index (χ1v) is 7.15. The summed E-state index contributed by atoms with van der Waals surface area (Å²) < 4.78 is 19.2. The fourth-order valence-corrected chi connectivity index (χ4v) is 1.99. The molecule has 0 radical (unpaired) electrons. The Kier molecular flexibility index (Phi) is 5.68. The monoisotopic (exact) mass is 338 g/mol. The van der Waals surface area contributed by atoms with Gasteiger partial charge in [-0.15, -0.1) is 10.5 Å². The van der Waals surface area contributed by atoms with Crippen molar-refractivity contribution in [3.05, 3.63) is 64.4 Å². The number of nitrogens with two attached hydrogens (primary N) is 1. The van der Waals surface area contributed by atoms with E-state index in [1.54, 1.807) is 30.5 Å². The van der Waals surface area contributed by atoms with Crippen LogP contribution < -0.4 is 21.0 Å². The minimum Gasteiger partial charge on any atom is -0.489 e. The third-order valence-corrected chi connectivity index (χ3v) is 3.19. The van der Waals surface area contributed by atoms with Crippen molar-refractivity contribution in [1.29, 1.82) is 0 Å². The highest BCUT2D eigenvalue weighted by molar-refractivity contribution is 7.80. The van der Waals surface area contributed by atoms with Gasteiger partial charge in [0.15, 0.2) is 6.21 Å². The number of ether oxygens (including phenoxy) is 1. The lowest BCUT2D eigenvalue weighted by Crippen LogP contribution is -2.82. The lowest BCUT2D eigenvalue weighted by molar-refractivity contribution is -0.499. The lowest BCUT2D eigenvalue weighted by atomic mass is 10.2. The second-order valence-corrected chi connectivity index (χ2v) is 5.19. The number of rotatable bonds is 5. The molecular weight excluding hydrogens is 325 g/mol. The van der Waals surface area contributed by atoms with Crippen molar-refractivity contribution in [2.24, 2.45) is 5.73 Å². The molecule has 4 nitrogen and oxygen atoms in total. The van der Waals surface area contributed by atoms with Crippen molar-refractivity contribution in [3.8, 4) is 5.75 Å². The highest BCUT2D eigenvalue weighted by Crippen LogP contribution is 2.21. The maximum atomic E-state index is 13.7. The normalized spacial score (nSPS) is 10.6. The summed E-state index contributed by atoms with van der Waals surface area (Å²) in [7, 11) is 0. The summed E-state index contributed by atoms with van der Waals surface area (Å²) in [5, 5.41) is 3.22. The molecular formula is C15H14ClFN3OS+. The van der Waals surface area contributed by atoms with Crippen LogP contribution in [0.15, 0.2) is 42.5 Å². The first kappa shape index (κ1) is 16.2. The summed E-state index contributed by atoms with van der Waals surface area (Å²) in [6, 6.07) is 11.7. The Labute approximate surface area is 137 Å². The van der Waals surface area contributed by atoms with Crippen LogP contribution in [0.4, 0.5) is 4.39 Å². The van der Waals surface area contributed by atoms with Gasteiger partial charge in [0.25, 0.3) is 0 Å². The van der Waals surface area contributed by atoms with E-state index < -0.39 is 5.82 Å². The summed E-state index contributed by atoms with van der Waals surface area (Å²) in [4.78, 5) is 0. The van der Waals surface area contributed by atoms with Gasteiger partial charge >= 0.3 is 0 Å². The number of hydrazone groups is 1. The minimum absolute atomic E-state index is 0.0491. The topological polar surface area (TPSA) is 61.2 Å². The lowest BCUT2D eigenvalue weighted by Gasteiger charge is -2.08. The standard InChI is InChI=1S/C15H13ClFN3OS/c16-13-5-2-6-14(17)12(13)9-21-11-4-1-3-10(7-11)8-19-20-15(18)22/h1-8H,9H2,(H3,18,20,22)/p+1. The third-order valence-electron chi connectivity index (χ3n) is 2.74. The van der Waals surface area contributed by atoms with E-state index in [-0.39, 0.29) is 11.7 Å². The van der Waals surface area contributed by atoms with Crippen LogP contribution in [0.3, 0.4) is 0 Å². The Morgan fingerprint density at radius 2 is 2.14 bits per heavy atom. The van der Waals surface area contributed by atoms with Crippen molar-refractivity contribution in [2.45, 2.75) is 6.61 Å². The fraction of sp³-hybridized carbons (Fsp3) is 0.0667. The molecule has 22 heavy (non-hydrogen) atoms. The van der Waals surface area contributed by atoms with Crippen LogP contribution in [0, 0.1) is 5.82 Å². The summed E-state index contributed by atoms with van der Waals surface area (Å²) in [6.45, 7) is 0.0491. The number of hydrogen-bond acceptors (Lipinski definition) is 2. The van der Waals surface area contributed by atoms with Crippen LogP contribution in [-0.4, -0.2) is 11.3 Å². The van der Waals surface area contributed by atoms with Gasteiger partial charge in [0.2, 0.25) is 5.11 Å². The van der Waals surface area contributed by atoms with E-state index in [1.807, 2.05) is 12.1 Å². The Hall–Kier alpha value is -2.18. The molecule has 0 fully saturated rings. The molecule has 0 aliphatic carbocycles. The van der Waals surface area contributed by atoms with E-state index in [0.29, 0.717) is 16.3 Å². The maximum absolute atomic E-state index is 13.7. The molecule has 0 saturated carbocycles. The van der Waals surface area contributed by atoms with Crippen molar-refractivity contribution < 1.29 is 14.2 Å². The van der Waals surface area contributed by atoms with Crippen LogP contribution >= 0.6 is 23.8 Å². The Bertz CT molecular complexity index is 689. The van der Waals surface area contributed by atoms with E-state index in [1.165, 1.54) is 6.07 Å². The second kappa shape index (κ2) is 7.72. The van der Waals surface area contributed by atoms with Gasteiger partial charge in [-0.25, -0.2) is 4.39 Å². The molecule has 0 atom stereocenters. The van der Waals surface area contributed by atoms with Gasteiger partial charge in [0.1, 0.15) is 18.2 Å². The number of hydrogen-bond donors (Lipinski definition) is 3. The zero-order valence-electron chi connectivity index (χ0n) is 11.5. The predicted octanol–water partition coefficient (Wildman–Crippen LogP) is 1.31. The Morgan fingerprint density at radius 3 is 2.86 bits per heavy atom. The van der Waals surface area contributed by atoms with Gasteiger partial charge in [0.05, 0.1) is 5.02 Å². The molecule has 4 N–H and O–H groups in total. The van der Waals surface area contributed by atoms with E-state index >= 15 is 0 Å². The molecule has 7 heteroatoms. The van der Waals surface area contributed by atoms with Crippen LogP contribution in [0.25, 0.3) is 0 Å². The molecule has 0 aromatic heterocycles. The molecule has 0 spiro atoms. The van der Waals surface area contributed by atoms with Crippen molar-refractivity contribution in [2.75, 3.05) is 0 Å². The smallest absolute Gasteiger partial charge is 0.221 e. The first-order valence-electron chi connectivity index (χ1n) is 6.36. The molecule has 114 valence electrons. The molecule has 0 bridgehead atoms. The zero-order chi connectivity index (χ0) is 15.9.